The van der Waals surface area contributed by atoms with Crippen LogP contribution in [-0.2, 0) is 28.5 Å². The van der Waals surface area contributed by atoms with Crippen LogP contribution < -0.4 is 0 Å². The summed E-state index contributed by atoms with van der Waals surface area (Å²) in [4.78, 5) is 23.8. The third-order valence-corrected chi connectivity index (χ3v) is 5.14. The van der Waals surface area contributed by atoms with Crippen LogP contribution in [0.4, 0.5) is 0 Å². The van der Waals surface area contributed by atoms with Gasteiger partial charge >= 0.3 is 11.9 Å². The number of rotatable bonds is 5. The number of alkyl halides is 1. The lowest BCUT2D eigenvalue weighted by Crippen LogP contribution is -2.61. The summed E-state index contributed by atoms with van der Waals surface area (Å²) in [6, 6.07) is 0. The molecule has 0 aromatic rings. The molecule has 0 amide bonds. The molecule has 0 aromatic carbocycles. The molecule has 1 aliphatic carbocycles. The molecule has 2 aliphatic rings. The highest BCUT2D eigenvalue weighted by atomic mass is 79.9. The number of carboxylic acids is 1. The first-order valence-corrected chi connectivity index (χ1v) is 6.53. The maximum absolute atomic E-state index is 12.1. The van der Waals surface area contributed by atoms with Gasteiger partial charge in [0, 0.05) is 27.2 Å². The van der Waals surface area contributed by atoms with Gasteiger partial charge in [-0.3, -0.25) is 4.79 Å². The topological polar surface area (TPSA) is 91.3 Å². The molecule has 1 saturated carbocycles. The first-order chi connectivity index (χ1) is 8.86. The van der Waals surface area contributed by atoms with E-state index in [1.54, 1.807) is 6.92 Å². The molecular weight excluding hydrogens is 324 g/mol. The van der Waals surface area contributed by atoms with Gasteiger partial charge in [0.1, 0.15) is 0 Å². The zero-order chi connectivity index (χ0) is 14.5. The number of hydrogen-bond donors (Lipinski definition) is 1. The molecule has 2 rings (SSSR count). The van der Waals surface area contributed by atoms with Gasteiger partial charge in [0.2, 0.25) is 10.1 Å². The second-order valence-electron chi connectivity index (χ2n) is 4.41. The number of halogens is 1. The highest BCUT2D eigenvalue weighted by Gasteiger charge is 2.88. The lowest BCUT2D eigenvalue weighted by molar-refractivity contribution is -0.264. The summed E-state index contributed by atoms with van der Waals surface area (Å²) < 4.78 is 19.6. The van der Waals surface area contributed by atoms with Crippen molar-refractivity contribution in [2.75, 3.05) is 20.8 Å². The van der Waals surface area contributed by atoms with E-state index in [0.29, 0.717) is 6.61 Å². The third kappa shape index (κ3) is 1.37. The van der Waals surface area contributed by atoms with Crippen LogP contribution in [0.3, 0.4) is 0 Å². The normalized spacial score (nSPS) is 39.4. The number of ether oxygens (including phenoxy) is 4. The number of hydrogen-bond acceptors (Lipinski definition) is 6. The second-order valence-corrected chi connectivity index (χ2v) is 5.66. The van der Waals surface area contributed by atoms with Crippen LogP contribution in [0.15, 0.2) is 0 Å². The number of aliphatic carboxylic acids is 1. The van der Waals surface area contributed by atoms with E-state index in [1.165, 1.54) is 14.2 Å². The average molecular weight is 339 g/mol. The Morgan fingerprint density at radius 3 is 2.47 bits per heavy atom. The minimum Gasteiger partial charge on any atom is -0.478 e. The first kappa shape index (κ1) is 14.7. The number of carbonyl (C=O) groups is 2. The standard InChI is InChI=1S/C11H15BrO7/c1-4-18-6-5-9(7(13)14)11(16-2,17-3)10(6,12)8(15)19-9/h6H,4-5H2,1-3H3,(H,13,14)/t6-,9-,10-/m0/s1. The fourth-order valence-corrected chi connectivity index (χ4v) is 4.02. The molecule has 2 bridgehead atoms. The Bertz CT molecular complexity index is 421. The van der Waals surface area contributed by atoms with Crippen molar-refractivity contribution in [2.24, 2.45) is 0 Å². The highest BCUT2D eigenvalue weighted by Crippen LogP contribution is 2.62. The molecule has 2 fully saturated rings. The molecule has 1 N–H and O–H groups in total. The maximum atomic E-state index is 12.1. The predicted octanol–water partition coefficient (Wildman–Crippen LogP) is 0.298. The Morgan fingerprint density at radius 2 is 2.11 bits per heavy atom. The van der Waals surface area contributed by atoms with Gasteiger partial charge in [-0.15, -0.1) is 0 Å². The monoisotopic (exact) mass is 338 g/mol. The number of carbonyl (C=O) groups excluding carboxylic acids is 1. The molecule has 0 spiro atoms. The Hall–Kier alpha value is -0.700. The molecule has 3 atom stereocenters. The van der Waals surface area contributed by atoms with Crippen molar-refractivity contribution in [1.29, 1.82) is 0 Å². The average Bonchev–Trinajstić information content (AvgIpc) is 2.69. The van der Waals surface area contributed by atoms with E-state index in [-0.39, 0.29) is 6.42 Å². The van der Waals surface area contributed by atoms with Crippen molar-refractivity contribution < 1.29 is 33.6 Å². The molecule has 1 heterocycles. The van der Waals surface area contributed by atoms with Crippen LogP contribution >= 0.6 is 15.9 Å². The van der Waals surface area contributed by atoms with Crippen LogP contribution in [0.1, 0.15) is 13.3 Å². The van der Waals surface area contributed by atoms with Gasteiger partial charge in [0.15, 0.2) is 0 Å². The van der Waals surface area contributed by atoms with E-state index in [1.807, 2.05) is 0 Å². The summed E-state index contributed by atoms with van der Waals surface area (Å²) in [7, 11) is 2.54. The Kier molecular flexibility index (Phi) is 3.41. The molecule has 0 aromatic heterocycles. The summed E-state index contributed by atoms with van der Waals surface area (Å²) in [5.41, 5.74) is -1.92. The molecule has 1 aliphatic heterocycles. The molecule has 0 radical (unpaired) electrons. The van der Waals surface area contributed by atoms with Crippen LogP contribution in [-0.4, -0.2) is 59.7 Å². The minimum absolute atomic E-state index is 0.0468. The molecule has 7 nitrogen and oxygen atoms in total. The number of carboxylic acid groups (broad SMARTS) is 1. The Balaban J connectivity index is 2.63. The van der Waals surface area contributed by atoms with E-state index in [0.717, 1.165) is 0 Å². The first-order valence-electron chi connectivity index (χ1n) is 5.74. The van der Waals surface area contributed by atoms with Crippen molar-refractivity contribution in [3.8, 4) is 0 Å². The van der Waals surface area contributed by atoms with Gasteiger partial charge in [-0.25, -0.2) is 4.79 Å². The predicted molar refractivity (Wildman–Crippen MR) is 64.9 cm³/mol. The number of fused-ring (bicyclic) bond motifs is 2. The molecule has 0 unspecified atom stereocenters. The Labute approximate surface area is 118 Å². The van der Waals surface area contributed by atoms with Crippen LogP contribution in [0.5, 0.6) is 0 Å². The van der Waals surface area contributed by atoms with Gasteiger partial charge in [-0.1, -0.05) is 15.9 Å². The van der Waals surface area contributed by atoms with Crippen molar-refractivity contribution in [3.05, 3.63) is 0 Å². The van der Waals surface area contributed by atoms with Gasteiger partial charge in [0.05, 0.1) is 6.10 Å². The molecule has 108 valence electrons. The van der Waals surface area contributed by atoms with Gasteiger partial charge in [-0.05, 0) is 6.92 Å². The summed E-state index contributed by atoms with van der Waals surface area (Å²) >= 11 is 3.25. The van der Waals surface area contributed by atoms with Gasteiger partial charge in [-0.2, -0.15) is 0 Å². The largest absolute Gasteiger partial charge is 0.478 e. The van der Waals surface area contributed by atoms with E-state index in [9.17, 15) is 14.7 Å². The van der Waals surface area contributed by atoms with Crippen LogP contribution in [0.2, 0.25) is 0 Å². The van der Waals surface area contributed by atoms with E-state index < -0.39 is 33.8 Å². The van der Waals surface area contributed by atoms with Crippen LogP contribution in [0, 0.1) is 0 Å². The van der Waals surface area contributed by atoms with E-state index in [2.05, 4.69) is 15.9 Å². The van der Waals surface area contributed by atoms with Gasteiger partial charge in [0.25, 0.3) is 5.60 Å². The van der Waals surface area contributed by atoms with Gasteiger partial charge < -0.3 is 24.1 Å². The molecule has 1 saturated heterocycles. The second kappa shape index (κ2) is 4.41. The lowest BCUT2D eigenvalue weighted by Gasteiger charge is -2.36. The molecule has 19 heavy (non-hydrogen) atoms. The smallest absolute Gasteiger partial charge is 0.354 e. The SMILES string of the molecule is CCO[C@H]1C[C@@]2(C(=O)O)OC(=O)[C@]1(Br)C2(OC)OC. The minimum atomic E-state index is -1.92. The van der Waals surface area contributed by atoms with E-state index in [4.69, 9.17) is 18.9 Å². The zero-order valence-corrected chi connectivity index (χ0v) is 12.4. The maximum Gasteiger partial charge on any atom is 0.354 e. The van der Waals surface area contributed by atoms with Crippen molar-refractivity contribution >= 4 is 27.9 Å². The fourth-order valence-electron chi connectivity index (χ4n) is 3.01. The van der Waals surface area contributed by atoms with Crippen LogP contribution in [0.25, 0.3) is 0 Å². The summed E-state index contributed by atoms with van der Waals surface area (Å²) in [5.74, 6) is -3.86. The third-order valence-electron chi connectivity index (χ3n) is 3.78. The van der Waals surface area contributed by atoms with E-state index >= 15 is 0 Å². The zero-order valence-electron chi connectivity index (χ0n) is 10.8. The van der Waals surface area contributed by atoms with Crippen molar-refractivity contribution in [2.45, 2.75) is 35.2 Å². The van der Waals surface area contributed by atoms with Crippen molar-refractivity contribution in [1.82, 2.24) is 0 Å². The summed E-state index contributed by atoms with van der Waals surface area (Å²) in [6.45, 7) is 2.08. The summed E-state index contributed by atoms with van der Waals surface area (Å²) in [5, 5.41) is 9.49. The quantitative estimate of drug-likeness (QED) is 0.438. The molecule has 8 heteroatoms. The molecular formula is C11H15BrO7. The number of methoxy groups -OCH3 is 2. The Morgan fingerprint density at radius 1 is 1.53 bits per heavy atom. The number of esters is 1. The summed E-state index contributed by atoms with van der Waals surface area (Å²) in [6.07, 6.45) is -0.760. The lowest BCUT2D eigenvalue weighted by atomic mass is 9.94. The fraction of sp³-hybridized carbons (Fsp3) is 0.818. The van der Waals surface area contributed by atoms with Crippen molar-refractivity contribution in [3.63, 3.8) is 0 Å². The highest BCUT2D eigenvalue weighted by molar-refractivity contribution is 9.10.